The second-order valence-electron chi connectivity index (χ2n) is 6.70. The van der Waals surface area contributed by atoms with Gasteiger partial charge in [-0.25, -0.2) is 4.79 Å². The van der Waals surface area contributed by atoms with Crippen molar-refractivity contribution >= 4 is 12.0 Å². The van der Waals surface area contributed by atoms with E-state index in [1.165, 1.54) is 69.3 Å². The van der Waals surface area contributed by atoms with E-state index in [2.05, 4.69) is 36.2 Å². The van der Waals surface area contributed by atoms with E-state index >= 15 is 0 Å². The molecule has 150 valence electrons. The Morgan fingerprint density at radius 2 is 1.78 bits per heavy atom. The maximum absolute atomic E-state index is 10.1. The molecule has 0 saturated heterocycles. The molecule has 6 nitrogen and oxygen atoms in total. The van der Waals surface area contributed by atoms with Crippen molar-refractivity contribution in [2.75, 3.05) is 20.3 Å². The van der Waals surface area contributed by atoms with Crippen molar-refractivity contribution in [2.24, 2.45) is 0 Å². The van der Waals surface area contributed by atoms with Crippen molar-refractivity contribution in [1.82, 2.24) is 9.80 Å². The van der Waals surface area contributed by atoms with Gasteiger partial charge in [0.1, 0.15) is 0 Å². The second kappa shape index (κ2) is 12.7. The van der Waals surface area contributed by atoms with Gasteiger partial charge in [-0.15, -0.1) is 0 Å². The average Bonchev–Trinajstić information content (AvgIpc) is 3.05. The number of aromatic hydroxyl groups is 2. The lowest BCUT2D eigenvalue weighted by Gasteiger charge is -2.17. The van der Waals surface area contributed by atoms with Crippen LogP contribution in [0.15, 0.2) is 36.7 Å². The van der Waals surface area contributed by atoms with Crippen molar-refractivity contribution < 1.29 is 20.1 Å². The first-order chi connectivity index (χ1) is 12.9. The summed E-state index contributed by atoms with van der Waals surface area (Å²) in [6.45, 7) is 4.58. The number of hydrogen-bond acceptors (Lipinski definition) is 5. The van der Waals surface area contributed by atoms with Crippen LogP contribution in [-0.2, 0) is 4.79 Å². The molecular formula is C21H32N2O4. The highest BCUT2D eigenvalue weighted by Crippen LogP contribution is 2.25. The van der Waals surface area contributed by atoms with Gasteiger partial charge < -0.3 is 25.1 Å². The first-order valence-corrected chi connectivity index (χ1v) is 9.48. The first kappa shape index (κ1) is 22.4. The summed E-state index contributed by atoms with van der Waals surface area (Å²) >= 11 is 0. The first-order valence-electron chi connectivity index (χ1n) is 9.48. The molecule has 1 heterocycles. The van der Waals surface area contributed by atoms with Crippen LogP contribution in [0.4, 0.5) is 0 Å². The minimum atomic E-state index is -1.06. The van der Waals surface area contributed by atoms with Gasteiger partial charge in [-0.3, -0.25) is 0 Å². The Bertz CT molecular complexity index is 629. The number of phenols is 2. The van der Waals surface area contributed by atoms with Crippen LogP contribution in [0.25, 0.3) is 6.08 Å². The Balaban J connectivity index is 0.000000271. The Morgan fingerprint density at radius 3 is 2.37 bits per heavy atom. The normalized spacial score (nSPS) is 13.1. The lowest BCUT2D eigenvalue weighted by Crippen LogP contribution is -2.23. The summed E-state index contributed by atoms with van der Waals surface area (Å²) in [7, 11) is 2.12. The minimum Gasteiger partial charge on any atom is -0.504 e. The molecule has 0 spiro atoms. The molecule has 0 amide bonds. The molecule has 0 saturated carbocycles. The Morgan fingerprint density at radius 1 is 1.07 bits per heavy atom. The lowest BCUT2D eigenvalue weighted by molar-refractivity contribution is -0.131. The third-order valence-corrected chi connectivity index (χ3v) is 4.15. The zero-order chi connectivity index (χ0) is 20.1. The highest BCUT2D eigenvalue weighted by molar-refractivity contribution is 5.85. The molecule has 1 aromatic rings. The molecule has 0 atom stereocenters. The Kier molecular flexibility index (Phi) is 10.5. The van der Waals surface area contributed by atoms with Crippen LogP contribution in [0.1, 0.15) is 51.0 Å². The number of rotatable bonds is 9. The monoisotopic (exact) mass is 376 g/mol. The molecule has 0 radical (unpaired) electrons. The zero-order valence-corrected chi connectivity index (χ0v) is 16.3. The average molecular weight is 376 g/mol. The second-order valence-corrected chi connectivity index (χ2v) is 6.70. The summed E-state index contributed by atoms with van der Waals surface area (Å²) in [5.74, 6) is -1.56. The summed E-state index contributed by atoms with van der Waals surface area (Å²) in [5.41, 5.74) is 0.512. The number of aliphatic carboxylic acids is 1. The fourth-order valence-corrected chi connectivity index (χ4v) is 2.64. The van der Waals surface area contributed by atoms with Gasteiger partial charge >= 0.3 is 5.97 Å². The standard InChI is InChI=1S/C12H24N2.C9H8O4/c1-3-4-5-6-7-8-9-14-11-10-13(2)12-14;10-7-3-1-6(5-8(7)11)2-4-9(12)13/h10-11H,3-9,12H2,1-2H3;1-5,10-11H,(H,12,13)/b;4-2+. The zero-order valence-electron chi connectivity index (χ0n) is 16.3. The topological polar surface area (TPSA) is 84.2 Å². The van der Waals surface area contributed by atoms with Gasteiger partial charge in [-0.2, -0.15) is 0 Å². The molecule has 1 aliphatic heterocycles. The number of nitrogens with zero attached hydrogens (tertiary/aromatic N) is 2. The fraction of sp³-hybridized carbons (Fsp3) is 0.476. The number of carboxylic acid groups (broad SMARTS) is 1. The number of unbranched alkanes of at least 4 members (excludes halogenated alkanes) is 5. The van der Waals surface area contributed by atoms with Crippen molar-refractivity contribution in [2.45, 2.75) is 45.4 Å². The van der Waals surface area contributed by atoms with E-state index < -0.39 is 5.97 Å². The molecule has 1 aliphatic rings. The van der Waals surface area contributed by atoms with Crippen molar-refractivity contribution in [3.63, 3.8) is 0 Å². The van der Waals surface area contributed by atoms with E-state index in [9.17, 15) is 4.79 Å². The van der Waals surface area contributed by atoms with Crippen LogP contribution in [0.3, 0.4) is 0 Å². The molecule has 0 bridgehead atoms. The largest absolute Gasteiger partial charge is 0.504 e. The van der Waals surface area contributed by atoms with Gasteiger partial charge in [-0.05, 0) is 30.2 Å². The lowest BCUT2D eigenvalue weighted by atomic mass is 10.1. The van der Waals surface area contributed by atoms with Gasteiger partial charge in [0.25, 0.3) is 0 Å². The maximum atomic E-state index is 10.1. The van der Waals surface area contributed by atoms with Gasteiger partial charge in [0.05, 0.1) is 6.67 Å². The number of benzene rings is 1. The Hall–Kier alpha value is -2.63. The Labute approximate surface area is 162 Å². The van der Waals surface area contributed by atoms with E-state index in [4.69, 9.17) is 15.3 Å². The van der Waals surface area contributed by atoms with Crippen LogP contribution >= 0.6 is 0 Å². The molecule has 27 heavy (non-hydrogen) atoms. The maximum Gasteiger partial charge on any atom is 0.328 e. The van der Waals surface area contributed by atoms with Crippen LogP contribution in [0.2, 0.25) is 0 Å². The van der Waals surface area contributed by atoms with Gasteiger partial charge in [0.15, 0.2) is 11.5 Å². The predicted octanol–water partition coefficient (Wildman–Crippen LogP) is 4.22. The summed E-state index contributed by atoms with van der Waals surface area (Å²) in [6.07, 6.45) is 15.0. The molecule has 2 rings (SSSR count). The summed E-state index contributed by atoms with van der Waals surface area (Å²) in [4.78, 5) is 14.7. The number of carboxylic acids is 1. The van der Waals surface area contributed by atoms with Crippen LogP contribution in [0, 0.1) is 0 Å². The van der Waals surface area contributed by atoms with Crippen LogP contribution in [-0.4, -0.2) is 51.3 Å². The third-order valence-electron chi connectivity index (χ3n) is 4.15. The van der Waals surface area contributed by atoms with E-state index in [-0.39, 0.29) is 11.5 Å². The van der Waals surface area contributed by atoms with Crippen molar-refractivity contribution in [3.05, 3.63) is 42.2 Å². The SMILES string of the molecule is CCCCCCCCN1C=CN(C)C1.O=C(O)/C=C/c1ccc(O)c(O)c1. The fourth-order valence-electron chi connectivity index (χ4n) is 2.64. The quantitative estimate of drug-likeness (QED) is 0.340. The number of carbonyl (C=O) groups is 1. The summed E-state index contributed by atoms with van der Waals surface area (Å²) < 4.78 is 0. The van der Waals surface area contributed by atoms with Gasteiger partial charge in [0, 0.05) is 32.1 Å². The molecule has 0 aromatic heterocycles. The molecular weight excluding hydrogens is 344 g/mol. The molecule has 0 fully saturated rings. The molecule has 1 aromatic carbocycles. The van der Waals surface area contributed by atoms with E-state index in [0.717, 1.165) is 12.7 Å². The highest BCUT2D eigenvalue weighted by Gasteiger charge is 2.06. The van der Waals surface area contributed by atoms with Gasteiger partial charge in [0.2, 0.25) is 0 Å². The summed E-state index contributed by atoms with van der Waals surface area (Å²) in [5, 5.41) is 26.3. The summed E-state index contributed by atoms with van der Waals surface area (Å²) in [6, 6.07) is 4.06. The molecule has 0 aliphatic carbocycles. The number of hydrogen-bond donors (Lipinski definition) is 3. The van der Waals surface area contributed by atoms with Crippen molar-refractivity contribution in [3.8, 4) is 11.5 Å². The van der Waals surface area contributed by atoms with E-state index in [1.807, 2.05) is 0 Å². The predicted molar refractivity (Wildman–Crippen MR) is 108 cm³/mol. The number of phenolic OH excluding ortho intramolecular Hbond substituents is 2. The van der Waals surface area contributed by atoms with Crippen LogP contribution < -0.4 is 0 Å². The molecule has 6 heteroatoms. The van der Waals surface area contributed by atoms with E-state index in [1.54, 1.807) is 0 Å². The highest BCUT2D eigenvalue weighted by atomic mass is 16.4. The van der Waals surface area contributed by atoms with Crippen molar-refractivity contribution in [1.29, 1.82) is 0 Å². The van der Waals surface area contributed by atoms with Gasteiger partial charge in [-0.1, -0.05) is 45.1 Å². The molecule has 0 unspecified atom stereocenters. The minimum absolute atomic E-state index is 0.229. The smallest absolute Gasteiger partial charge is 0.328 e. The third kappa shape index (κ3) is 10.2. The van der Waals surface area contributed by atoms with Crippen LogP contribution in [0.5, 0.6) is 11.5 Å². The van der Waals surface area contributed by atoms with E-state index in [0.29, 0.717) is 5.56 Å². The molecule has 3 N–H and O–H groups in total.